The molecule has 2 heterocycles. The fraction of sp³-hybridized carbons (Fsp3) is 0.611. The van der Waals surface area contributed by atoms with Crippen LogP contribution in [-0.4, -0.2) is 62.9 Å². The molecule has 0 N–H and O–H groups in total. The first-order valence-corrected chi connectivity index (χ1v) is 10.9. The number of amides is 1. The number of likely N-dealkylation sites (N-methyl/N-ethyl adjacent to an activating group) is 1. The molecular formula is C18H25ClN2O4S. The molecule has 26 heavy (non-hydrogen) atoms. The van der Waals surface area contributed by atoms with Crippen LogP contribution >= 0.6 is 11.6 Å². The fourth-order valence-corrected chi connectivity index (χ4v) is 5.49. The Morgan fingerprint density at radius 2 is 2.00 bits per heavy atom. The molecule has 0 spiro atoms. The Hall–Kier alpha value is -1.15. The number of piperidine rings is 1. The third kappa shape index (κ3) is 4.22. The van der Waals surface area contributed by atoms with Gasteiger partial charge in [-0.1, -0.05) is 18.0 Å². The molecule has 0 aromatic heterocycles. The van der Waals surface area contributed by atoms with Crippen LogP contribution in [0.4, 0.5) is 0 Å². The van der Waals surface area contributed by atoms with Gasteiger partial charge in [-0.3, -0.25) is 4.79 Å². The summed E-state index contributed by atoms with van der Waals surface area (Å²) in [5.74, 6) is -0.229. The van der Waals surface area contributed by atoms with Crippen molar-refractivity contribution in [2.45, 2.75) is 43.1 Å². The Labute approximate surface area is 160 Å². The Kier molecular flexibility index (Phi) is 6.22. The number of carbonyl (C=O) groups excluding carboxylic acids is 1. The normalized spacial score (nSPS) is 21.7. The van der Waals surface area contributed by atoms with E-state index in [9.17, 15) is 13.2 Å². The van der Waals surface area contributed by atoms with Gasteiger partial charge in [0.1, 0.15) is 4.90 Å². The van der Waals surface area contributed by atoms with Crippen LogP contribution in [0.5, 0.6) is 0 Å². The Morgan fingerprint density at radius 3 is 2.65 bits per heavy atom. The summed E-state index contributed by atoms with van der Waals surface area (Å²) in [7, 11) is -1.99. The van der Waals surface area contributed by atoms with Gasteiger partial charge in [-0.2, -0.15) is 4.31 Å². The number of nitrogens with zero attached hydrogens (tertiary/aromatic N) is 2. The first kappa shape index (κ1) is 19.6. The van der Waals surface area contributed by atoms with E-state index in [4.69, 9.17) is 16.3 Å². The third-order valence-electron chi connectivity index (χ3n) is 4.96. The Balaban J connectivity index is 1.81. The highest BCUT2D eigenvalue weighted by molar-refractivity contribution is 7.89. The van der Waals surface area contributed by atoms with Gasteiger partial charge in [0.05, 0.1) is 11.1 Å². The van der Waals surface area contributed by atoms with E-state index in [1.54, 1.807) is 18.0 Å². The van der Waals surface area contributed by atoms with Crippen molar-refractivity contribution < 1.29 is 17.9 Å². The fourth-order valence-electron chi connectivity index (χ4n) is 3.48. The summed E-state index contributed by atoms with van der Waals surface area (Å²) in [6, 6.07) is 4.47. The van der Waals surface area contributed by atoms with Gasteiger partial charge in [0.15, 0.2) is 0 Å². The second-order valence-electron chi connectivity index (χ2n) is 6.93. The average molecular weight is 401 g/mol. The Morgan fingerprint density at radius 1 is 1.27 bits per heavy atom. The minimum absolute atomic E-state index is 0.0115. The maximum atomic E-state index is 12.9. The van der Waals surface area contributed by atoms with Crippen LogP contribution in [0, 0.1) is 0 Å². The molecule has 3 rings (SSSR count). The summed E-state index contributed by atoms with van der Waals surface area (Å²) in [4.78, 5) is 14.3. The molecule has 144 valence electrons. The summed E-state index contributed by atoms with van der Waals surface area (Å²) in [6.07, 6.45) is 4.72. The molecule has 1 atom stereocenters. The number of sulfonamides is 1. The van der Waals surface area contributed by atoms with Crippen LogP contribution < -0.4 is 0 Å². The lowest BCUT2D eigenvalue weighted by atomic mass is 10.2. The number of halogens is 1. The topological polar surface area (TPSA) is 66.9 Å². The molecule has 2 aliphatic heterocycles. The van der Waals surface area contributed by atoms with Crippen molar-refractivity contribution in [1.29, 1.82) is 0 Å². The molecular weight excluding hydrogens is 376 g/mol. The van der Waals surface area contributed by atoms with E-state index in [0.29, 0.717) is 25.2 Å². The van der Waals surface area contributed by atoms with E-state index >= 15 is 0 Å². The summed E-state index contributed by atoms with van der Waals surface area (Å²) < 4.78 is 32.9. The van der Waals surface area contributed by atoms with Crippen molar-refractivity contribution in [3.63, 3.8) is 0 Å². The van der Waals surface area contributed by atoms with Crippen molar-refractivity contribution in [1.82, 2.24) is 9.21 Å². The molecule has 2 saturated heterocycles. The lowest BCUT2D eigenvalue weighted by molar-refractivity contribution is 0.0587. The van der Waals surface area contributed by atoms with E-state index in [-0.39, 0.29) is 21.9 Å². The van der Waals surface area contributed by atoms with Crippen LogP contribution in [0.1, 0.15) is 42.5 Å². The van der Waals surface area contributed by atoms with Crippen molar-refractivity contribution in [2.75, 3.05) is 33.3 Å². The number of hydrogen-bond donors (Lipinski definition) is 0. The quantitative estimate of drug-likeness (QED) is 0.762. The summed E-state index contributed by atoms with van der Waals surface area (Å²) in [5.41, 5.74) is 0.325. The second-order valence-corrected chi connectivity index (χ2v) is 9.24. The molecule has 0 bridgehead atoms. The van der Waals surface area contributed by atoms with Crippen molar-refractivity contribution in [3.05, 3.63) is 28.8 Å². The minimum atomic E-state index is -3.69. The smallest absolute Gasteiger partial charge is 0.253 e. The SMILES string of the molecule is CN(CC1CCCO1)C(=O)c1ccc(Cl)c(S(=O)(=O)N2CCCCC2)c1. The zero-order chi connectivity index (χ0) is 18.7. The van der Waals surface area contributed by atoms with E-state index < -0.39 is 10.0 Å². The van der Waals surface area contributed by atoms with Gasteiger partial charge in [0.25, 0.3) is 5.91 Å². The molecule has 1 amide bonds. The zero-order valence-corrected chi connectivity index (χ0v) is 16.6. The molecule has 1 unspecified atom stereocenters. The number of rotatable bonds is 5. The lowest BCUT2D eigenvalue weighted by Gasteiger charge is -2.26. The molecule has 0 aliphatic carbocycles. The predicted molar refractivity (Wildman–Crippen MR) is 100.0 cm³/mol. The van der Waals surface area contributed by atoms with Crippen LogP contribution in [0.2, 0.25) is 5.02 Å². The molecule has 1 aromatic carbocycles. The zero-order valence-electron chi connectivity index (χ0n) is 15.0. The third-order valence-corrected chi connectivity index (χ3v) is 7.34. The first-order chi connectivity index (χ1) is 12.4. The van der Waals surface area contributed by atoms with Gasteiger partial charge >= 0.3 is 0 Å². The van der Waals surface area contributed by atoms with E-state index in [0.717, 1.165) is 38.7 Å². The van der Waals surface area contributed by atoms with Gasteiger partial charge in [0, 0.05) is 38.9 Å². The average Bonchev–Trinajstić information content (AvgIpc) is 3.15. The number of ether oxygens (including phenoxy) is 1. The van der Waals surface area contributed by atoms with Gasteiger partial charge in [-0.15, -0.1) is 0 Å². The second kappa shape index (κ2) is 8.25. The molecule has 2 fully saturated rings. The molecule has 8 heteroatoms. The first-order valence-electron chi connectivity index (χ1n) is 9.06. The maximum absolute atomic E-state index is 12.9. The summed E-state index contributed by atoms with van der Waals surface area (Å²) in [6.45, 7) is 2.22. The van der Waals surface area contributed by atoms with Gasteiger partial charge in [-0.25, -0.2) is 8.42 Å². The van der Waals surface area contributed by atoms with Crippen molar-refractivity contribution >= 4 is 27.5 Å². The number of benzene rings is 1. The molecule has 2 aliphatic rings. The van der Waals surface area contributed by atoms with Crippen molar-refractivity contribution in [3.8, 4) is 0 Å². The maximum Gasteiger partial charge on any atom is 0.253 e. The molecule has 1 aromatic rings. The minimum Gasteiger partial charge on any atom is -0.376 e. The van der Waals surface area contributed by atoms with Gasteiger partial charge in [0.2, 0.25) is 10.0 Å². The number of carbonyl (C=O) groups is 1. The summed E-state index contributed by atoms with van der Waals surface area (Å²) >= 11 is 6.17. The molecule has 6 nitrogen and oxygen atoms in total. The van der Waals surface area contributed by atoms with Gasteiger partial charge in [-0.05, 0) is 43.9 Å². The number of hydrogen-bond acceptors (Lipinski definition) is 4. The summed E-state index contributed by atoms with van der Waals surface area (Å²) in [5, 5.41) is 0.147. The standard InChI is InChI=1S/C18H25ClN2O4S/c1-20(13-15-6-5-11-25-15)18(22)14-7-8-16(19)17(12-14)26(23,24)21-9-3-2-4-10-21/h7-8,12,15H,2-6,9-11,13H2,1H3. The molecule has 0 radical (unpaired) electrons. The highest BCUT2D eigenvalue weighted by Crippen LogP contribution is 2.28. The van der Waals surface area contributed by atoms with E-state index in [1.807, 2.05) is 0 Å². The van der Waals surface area contributed by atoms with Crippen LogP contribution in [-0.2, 0) is 14.8 Å². The van der Waals surface area contributed by atoms with Gasteiger partial charge < -0.3 is 9.64 Å². The van der Waals surface area contributed by atoms with Crippen LogP contribution in [0.25, 0.3) is 0 Å². The largest absolute Gasteiger partial charge is 0.376 e. The van der Waals surface area contributed by atoms with Crippen molar-refractivity contribution in [2.24, 2.45) is 0 Å². The molecule has 0 saturated carbocycles. The lowest BCUT2D eigenvalue weighted by Crippen LogP contribution is -2.36. The van der Waals surface area contributed by atoms with E-state index in [2.05, 4.69) is 0 Å². The monoisotopic (exact) mass is 400 g/mol. The highest BCUT2D eigenvalue weighted by Gasteiger charge is 2.29. The predicted octanol–water partition coefficient (Wildman–Crippen LogP) is 2.77. The Bertz CT molecular complexity index is 756. The van der Waals surface area contributed by atoms with Crippen LogP contribution in [0.15, 0.2) is 23.1 Å². The highest BCUT2D eigenvalue weighted by atomic mass is 35.5. The van der Waals surface area contributed by atoms with Crippen LogP contribution in [0.3, 0.4) is 0 Å². The van der Waals surface area contributed by atoms with E-state index in [1.165, 1.54) is 16.4 Å².